The Bertz CT molecular complexity index is 389. The van der Waals surface area contributed by atoms with Crippen molar-refractivity contribution in [3.8, 4) is 0 Å². The Morgan fingerprint density at radius 3 is 2.83 bits per heavy atom. The van der Waals surface area contributed by atoms with Gasteiger partial charge in [-0.3, -0.25) is 0 Å². The topological polar surface area (TPSA) is 69.2 Å². The first-order chi connectivity index (χ1) is 6.91. The van der Waals surface area contributed by atoms with Gasteiger partial charge in [0.2, 0.25) is 0 Å². The van der Waals surface area contributed by atoms with Gasteiger partial charge in [-0.1, -0.05) is 19.2 Å². The molecule has 1 atom stereocenters. The zero-order chi connectivity index (χ0) is 12.8. The van der Waals surface area contributed by atoms with Crippen LogP contribution in [0.3, 0.4) is 0 Å². The molecule has 0 aromatic heterocycles. The average molecular weight is 206 g/mol. The fourth-order valence-electron chi connectivity index (χ4n) is 0.813. The molecule has 1 fully saturated rings. The Morgan fingerprint density at radius 1 is 1.58 bits per heavy atom. The first-order valence-corrected chi connectivity index (χ1v) is 4.57. The second-order valence-corrected chi connectivity index (χ2v) is 3.30. The van der Waals surface area contributed by atoms with Crippen molar-refractivity contribution in [2.24, 2.45) is 0 Å². The van der Waals surface area contributed by atoms with Gasteiger partial charge < -0.3 is 4.55 Å². The molecule has 1 saturated carbocycles. The molecule has 0 amide bonds. The van der Waals surface area contributed by atoms with E-state index in [2.05, 4.69) is 0 Å². The molecule has 0 spiro atoms. The van der Waals surface area contributed by atoms with Crippen molar-refractivity contribution in [2.45, 2.75) is 38.0 Å². The van der Waals surface area contributed by atoms with Gasteiger partial charge in [0, 0.05) is 12.9 Å². The van der Waals surface area contributed by atoms with Crippen LogP contribution in [0.4, 0.5) is 0 Å². The molecular weight excluding hydrogens is 189 g/mol. The van der Waals surface area contributed by atoms with Crippen molar-refractivity contribution in [3.05, 3.63) is 0 Å². The van der Waals surface area contributed by atoms with Gasteiger partial charge in [-0.2, -0.15) is 0 Å². The van der Waals surface area contributed by atoms with Crippen molar-refractivity contribution < 1.29 is 49.4 Å². The van der Waals surface area contributed by atoms with E-state index in [4.69, 9.17) is 6.85 Å². The molecule has 0 radical (unpaired) electrons. The summed E-state index contributed by atoms with van der Waals surface area (Å²) in [5.74, 6) is 0. The summed E-state index contributed by atoms with van der Waals surface area (Å²) in [6.07, 6.45) is -5.30. The van der Waals surface area contributed by atoms with E-state index in [-0.39, 0.29) is 48.8 Å². The Balaban J connectivity index is 0.00000256. The van der Waals surface area contributed by atoms with E-state index in [1.54, 1.807) is 0 Å². The second-order valence-electron chi connectivity index (χ2n) is 2.19. The molecule has 1 aliphatic carbocycles. The predicted octanol–water partition coefficient (Wildman–Crippen LogP) is -2.63. The van der Waals surface area contributed by atoms with Gasteiger partial charge >= 0.3 is 29.6 Å². The van der Waals surface area contributed by atoms with Crippen molar-refractivity contribution in [3.63, 3.8) is 0 Å². The third-order valence-electron chi connectivity index (χ3n) is 1.22. The molecule has 1 unspecified atom stereocenters. The van der Waals surface area contributed by atoms with E-state index in [0.717, 1.165) is 0 Å². The summed E-state index contributed by atoms with van der Waals surface area (Å²) in [5, 5.41) is 0. The van der Waals surface area contributed by atoms with Crippen molar-refractivity contribution >= 4 is 10.3 Å². The van der Waals surface area contributed by atoms with Crippen LogP contribution in [0, 0.1) is 0 Å². The van der Waals surface area contributed by atoms with Crippen LogP contribution in [0.2, 0.25) is 0 Å². The summed E-state index contributed by atoms with van der Waals surface area (Å²) in [5.41, 5.74) is 0. The standard InChI is InChI=1S/C6H13NO3S.Na/c8-11(9,10)7-6-4-2-1-3-5-6;/h6-7H,1-5H2,(H,8,9,10);/q;+1/p-1/i2D2,4D2,6D;. The summed E-state index contributed by atoms with van der Waals surface area (Å²) >= 11 is 0. The molecule has 66 valence electrons. The number of nitrogens with one attached hydrogen (secondary N) is 1. The molecule has 1 N–H and O–H groups in total. The summed E-state index contributed by atoms with van der Waals surface area (Å²) in [6.45, 7) is 0. The number of rotatable bonds is 2. The molecule has 12 heavy (non-hydrogen) atoms. The minimum absolute atomic E-state index is 0. The molecule has 4 nitrogen and oxygen atoms in total. The Kier molecular flexibility index (Phi) is 2.96. The minimum Gasteiger partial charge on any atom is -0.735 e. The molecule has 0 bridgehead atoms. The van der Waals surface area contributed by atoms with Crippen LogP contribution >= 0.6 is 0 Å². The van der Waals surface area contributed by atoms with E-state index in [1.165, 1.54) is 4.72 Å². The van der Waals surface area contributed by atoms with Crippen LogP contribution in [-0.4, -0.2) is 19.0 Å². The van der Waals surface area contributed by atoms with Gasteiger partial charge in [0.15, 0.2) is 10.3 Å². The first-order valence-electron chi connectivity index (χ1n) is 5.66. The maximum Gasteiger partial charge on any atom is 1.00 e. The van der Waals surface area contributed by atoms with Gasteiger partial charge in [-0.25, -0.2) is 13.1 Å². The zero-order valence-corrected chi connectivity index (χ0v) is 9.57. The molecule has 0 saturated heterocycles. The van der Waals surface area contributed by atoms with E-state index in [1.807, 2.05) is 0 Å². The van der Waals surface area contributed by atoms with Crippen molar-refractivity contribution in [1.29, 1.82) is 0 Å². The summed E-state index contributed by atoms with van der Waals surface area (Å²) in [4.78, 5) is 0. The monoisotopic (exact) mass is 206 g/mol. The summed E-state index contributed by atoms with van der Waals surface area (Å²) in [7, 11) is -5.00. The third-order valence-corrected chi connectivity index (χ3v) is 1.71. The maximum absolute atomic E-state index is 10.5. The molecule has 1 rings (SSSR count). The molecule has 0 aliphatic heterocycles. The molecular formula is C6H12NNaO3S. The van der Waals surface area contributed by atoms with Gasteiger partial charge in [0.05, 0.1) is 0 Å². The van der Waals surface area contributed by atoms with Gasteiger partial charge in [-0.15, -0.1) is 0 Å². The normalized spacial score (nSPS) is 45.2. The first kappa shape index (κ1) is 6.37. The Morgan fingerprint density at radius 2 is 2.25 bits per heavy atom. The molecule has 6 heteroatoms. The van der Waals surface area contributed by atoms with E-state index in [9.17, 15) is 13.0 Å². The Labute approximate surface area is 102 Å². The molecule has 0 heterocycles. The summed E-state index contributed by atoms with van der Waals surface area (Å²) < 4.78 is 70.4. The second kappa shape index (κ2) is 5.57. The molecule has 0 aromatic carbocycles. The van der Waals surface area contributed by atoms with E-state index in [0.29, 0.717) is 0 Å². The third kappa shape index (κ3) is 5.50. The molecule has 0 aromatic rings. The van der Waals surface area contributed by atoms with Crippen LogP contribution in [0.25, 0.3) is 0 Å². The fraction of sp³-hybridized carbons (Fsp3) is 1.00. The fourth-order valence-corrected chi connectivity index (χ4v) is 1.27. The largest absolute Gasteiger partial charge is 1.00 e. The van der Waals surface area contributed by atoms with Crippen molar-refractivity contribution in [1.82, 2.24) is 4.72 Å². The SMILES string of the molecule is [2H]C1([2H])CCCC([2H])(NS(=O)(=O)[O-])C1([2H])[2H].[Na+]. The van der Waals surface area contributed by atoms with Gasteiger partial charge in [0.1, 0.15) is 0 Å². The number of hydrogen-bond donors (Lipinski definition) is 1. The van der Waals surface area contributed by atoms with Gasteiger partial charge in [-0.05, 0) is 12.8 Å². The van der Waals surface area contributed by atoms with Gasteiger partial charge in [0.25, 0.3) is 0 Å². The minimum atomic E-state index is -5.00. The maximum atomic E-state index is 10.5. The van der Waals surface area contributed by atoms with Crippen LogP contribution in [0.1, 0.15) is 38.9 Å². The smallest absolute Gasteiger partial charge is 0.735 e. The predicted molar refractivity (Wildman–Crippen MR) is 39.7 cm³/mol. The zero-order valence-electron chi connectivity index (χ0n) is 11.8. The van der Waals surface area contributed by atoms with E-state index < -0.39 is 29.1 Å². The van der Waals surface area contributed by atoms with Crippen LogP contribution in [0.15, 0.2) is 0 Å². The quantitative estimate of drug-likeness (QED) is 0.397. The summed E-state index contributed by atoms with van der Waals surface area (Å²) in [6, 6.07) is -2.45. The Hall–Kier alpha value is 0.870. The van der Waals surface area contributed by atoms with Crippen molar-refractivity contribution in [2.75, 3.05) is 0 Å². The molecule has 1 aliphatic rings. The van der Waals surface area contributed by atoms with Crippen LogP contribution in [-0.2, 0) is 10.3 Å². The van der Waals surface area contributed by atoms with Crippen LogP contribution < -0.4 is 34.3 Å². The average Bonchev–Trinajstić information content (AvgIpc) is 1.97. The number of hydrogen-bond acceptors (Lipinski definition) is 3. The van der Waals surface area contributed by atoms with Crippen LogP contribution in [0.5, 0.6) is 0 Å². The van der Waals surface area contributed by atoms with E-state index >= 15 is 0 Å².